The summed E-state index contributed by atoms with van der Waals surface area (Å²) in [5.74, 6) is 0. The Morgan fingerprint density at radius 2 is 2.00 bits per heavy atom. The first-order valence-corrected chi connectivity index (χ1v) is 5.38. The molecule has 2 rings (SSSR count). The monoisotopic (exact) mass is 205 g/mol. The van der Waals surface area contributed by atoms with Crippen molar-refractivity contribution in [3.8, 4) is 10.4 Å². The maximum Gasteiger partial charge on any atom is 0.307 e. The molecule has 0 aliphatic heterocycles. The van der Waals surface area contributed by atoms with Crippen molar-refractivity contribution in [3.05, 3.63) is 46.2 Å². The van der Waals surface area contributed by atoms with Gasteiger partial charge in [0.25, 0.3) is 0 Å². The van der Waals surface area contributed by atoms with E-state index in [4.69, 9.17) is 0 Å². The van der Waals surface area contributed by atoms with Gasteiger partial charge < -0.3 is 4.57 Å². The molecule has 0 saturated heterocycles. The lowest BCUT2D eigenvalue weighted by Crippen LogP contribution is -2.09. The minimum Gasteiger partial charge on any atom is -0.306 e. The number of hydrogen-bond donors (Lipinski definition) is 0. The van der Waals surface area contributed by atoms with E-state index in [1.54, 1.807) is 4.57 Å². The van der Waals surface area contributed by atoms with Crippen LogP contribution in [0.5, 0.6) is 0 Å². The Balaban J connectivity index is 2.48. The van der Waals surface area contributed by atoms with E-state index in [0.29, 0.717) is 0 Å². The van der Waals surface area contributed by atoms with Gasteiger partial charge in [0.15, 0.2) is 0 Å². The Kier molecular flexibility index (Phi) is 2.50. The summed E-state index contributed by atoms with van der Waals surface area (Å²) < 4.78 is 1.73. The average Bonchev–Trinajstić information content (AvgIpc) is 2.61. The molecule has 1 aromatic carbocycles. The largest absolute Gasteiger partial charge is 0.307 e. The fourth-order valence-electron chi connectivity index (χ4n) is 1.33. The van der Waals surface area contributed by atoms with Gasteiger partial charge in [-0.25, -0.2) is 0 Å². The smallest absolute Gasteiger partial charge is 0.306 e. The molecule has 1 heterocycles. The molecule has 0 amide bonds. The topological polar surface area (TPSA) is 22.0 Å². The van der Waals surface area contributed by atoms with Gasteiger partial charge in [-0.2, -0.15) is 0 Å². The third-order valence-electron chi connectivity index (χ3n) is 2.10. The second kappa shape index (κ2) is 3.80. The molecule has 14 heavy (non-hydrogen) atoms. The van der Waals surface area contributed by atoms with Crippen molar-refractivity contribution in [2.45, 2.75) is 13.5 Å². The average molecular weight is 205 g/mol. The van der Waals surface area contributed by atoms with Crippen molar-refractivity contribution in [2.75, 3.05) is 0 Å². The third-order valence-corrected chi connectivity index (χ3v) is 3.07. The van der Waals surface area contributed by atoms with E-state index in [1.165, 1.54) is 11.3 Å². The van der Waals surface area contributed by atoms with Crippen molar-refractivity contribution < 1.29 is 0 Å². The summed E-state index contributed by atoms with van der Waals surface area (Å²) in [7, 11) is 0. The molecule has 0 atom stereocenters. The van der Waals surface area contributed by atoms with Crippen molar-refractivity contribution in [1.82, 2.24) is 4.57 Å². The van der Waals surface area contributed by atoms with E-state index >= 15 is 0 Å². The standard InChI is InChI=1S/C11H11NOS/c1-2-12-8-10(14-11(12)13)9-6-4-3-5-7-9/h3-8H,2H2,1H3. The Morgan fingerprint density at radius 1 is 1.29 bits per heavy atom. The van der Waals surface area contributed by atoms with Gasteiger partial charge in [0.05, 0.1) is 4.88 Å². The first kappa shape index (κ1) is 9.21. The number of hydrogen-bond acceptors (Lipinski definition) is 2. The van der Waals surface area contributed by atoms with E-state index in [1.807, 2.05) is 43.5 Å². The maximum absolute atomic E-state index is 11.4. The van der Waals surface area contributed by atoms with Crippen LogP contribution in [0.2, 0.25) is 0 Å². The third kappa shape index (κ3) is 1.63. The molecule has 1 aromatic heterocycles. The first-order valence-electron chi connectivity index (χ1n) is 4.57. The van der Waals surface area contributed by atoms with Crippen LogP contribution in [0.4, 0.5) is 0 Å². The molecule has 0 bridgehead atoms. The van der Waals surface area contributed by atoms with E-state index in [-0.39, 0.29) is 4.87 Å². The second-order valence-corrected chi connectivity index (χ2v) is 4.01. The number of thiazole rings is 1. The van der Waals surface area contributed by atoms with E-state index in [0.717, 1.165) is 17.0 Å². The van der Waals surface area contributed by atoms with Gasteiger partial charge in [-0.05, 0) is 12.5 Å². The van der Waals surface area contributed by atoms with Crippen LogP contribution in [0.15, 0.2) is 41.3 Å². The van der Waals surface area contributed by atoms with Gasteiger partial charge in [0.2, 0.25) is 0 Å². The Morgan fingerprint density at radius 3 is 2.57 bits per heavy atom. The fraction of sp³-hybridized carbons (Fsp3) is 0.182. The van der Waals surface area contributed by atoms with Gasteiger partial charge >= 0.3 is 4.87 Å². The quantitative estimate of drug-likeness (QED) is 0.738. The molecule has 2 nitrogen and oxygen atoms in total. The highest BCUT2D eigenvalue weighted by atomic mass is 32.1. The molecule has 0 unspecified atom stereocenters. The minimum atomic E-state index is 0.117. The van der Waals surface area contributed by atoms with Gasteiger partial charge in [-0.15, -0.1) is 0 Å². The molecule has 0 N–H and O–H groups in total. The predicted molar refractivity (Wildman–Crippen MR) is 59.7 cm³/mol. The SMILES string of the molecule is CCn1cc(-c2ccccc2)sc1=O. The summed E-state index contributed by atoms with van der Waals surface area (Å²) >= 11 is 1.30. The summed E-state index contributed by atoms with van der Waals surface area (Å²) in [5.41, 5.74) is 1.11. The zero-order valence-corrected chi connectivity index (χ0v) is 8.75. The lowest BCUT2D eigenvalue weighted by molar-refractivity contribution is 0.750. The summed E-state index contributed by atoms with van der Waals surface area (Å²) in [6, 6.07) is 9.98. The van der Waals surface area contributed by atoms with Crippen LogP contribution < -0.4 is 4.87 Å². The molecular weight excluding hydrogens is 194 g/mol. The molecule has 3 heteroatoms. The maximum atomic E-state index is 11.4. The summed E-state index contributed by atoms with van der Waals surface area (Å²) in [6.45, 7) is 2.71. The van der Waals surface area contributed by atoms with Gasteiger partial charge in [-0.1, -0.05) is 41.7 Å². The highest BCUT2D eigenvalue weighted by Gasteiger charge is 2.03. The molecule has 0 radical (unpaired) electrons. The molecule has 0 aliphatic rings. The lowest BCUT2D eigenvalue weighted by Gasteiger charge is -1.94. The van der Waals surface area contributed by atoms with Crippen LogP contribution in [0.25, 0.3) is 10.4 Å². The number of aryl methyl sites for hydroxylation is 1. The van der Waals surface area contributed by atoms with Gasteiger partial charge in [-0.3, -0.25) is 4.79 Å². The van der Waals surface area contributed by atoms with Crippen LogP contribution in [-0.2, 0) is 6.54 Å². The van der Waals surface area contributed by atoms with E-state index in [2.05, 4.69) is 0 Å². The highest BCUT2D eigenvalue weighted by molar-refractivity contribution is 7.12. The predicted octanol–water partition coefficient (Wildman–Crippen LogP) is 2.60. The zero-order valence-electron chi connectivity index (χ0n) is 7.93. The van der Waals surface area contributed by atoms with Crippen molar-refractivity contribution in [1.29, 1.82) is 0 Å². The van der Waals surface area contributed by atoms with E-state index in [9.17, 15) is 4.79 Å². The molecule has 0 fully saturated rings. The molecule has 2 aromatic rings. The Bertz CT molecular complexity index is 470. The fourth-order valence-corrected chi connectivity index (χ4v) is 2.25. The minimum absolute atomic E-state index is 0.117. The van der Waals surface area contributed by atoms with Crippen LogP contribution in [0, 0.1) is 0 Å². The molecule has 72 valence electrons. The lowest BCUT2D eigenvalue weighted by atomic mass is 10.2. The van der Waals surface area contributed by atoms with Crippen LogP contribution in [-0.4, -0.2) is 4.57 Å². The zero-order chi connectivity index (χ0) is 9.97. The highest BCUT2D eigenvalue weighted by Crippen LogP contribution is 2.20. The molecule has 0 aliphatic carbocycles. The van der Waals surface area contributed by atoms with Crippen molar-refractivity contribution in [2.24, 2.45) is 0 Å². The first-order chi connectivity index (χ1) is 6.81. The number of rotatable bonds is 2. The molecule has 0 spiro atoms. The van der Waals surface area contributed by atoms with Crippen LogP contribution >= 0.6 is 11.3 Å². The molecular formula is C11H11NOS. The van der Waals surface area contributed by atoms with Crippen molar-refractivity contribution in [3.63, 3.8) is 0 Å². The van der Waals surface area contributed by atoms with Gasteiger partial charge in [0, 0.05) is 12.7 Å². The Hall–Kier alpha value is -1.35. The van der Waals surface area contributed by atoms with Gasteiger partial charge in [0.1, 0.15) is 0 Å². The van der Waals surface area contributed by atoms with Crippen LogP contribution in [0.1, 0.15) is 6.92 Å². The Labute approximate surface area is 86.4 Å². The van der Waals surface area contributed by atoms with Crippen molar-refractivity contribution >= 4 is 11.3 Å². The second-order valence-electron chi connectivity index (χ2n) is 3.01. The normalized spacial score (nSPS) is 10.4. The van der Waals surface area contributed by atoms with Crippen LogP contribution in [0.3, 0.4) is 0 Å². The summed E-state index contributed by atoms with van der Waals surface area (Å²) in [5, 5.41) is 0. The number of nitrogens with zero attached hydrogens (tertiary/aromatic N) is 1. The summed E-state index contributed by atoms with van der Waals surface area (Å²) in [4.78, 5) is 12.6. The number of benzene rings is 1. The van der Waals surface area contributed by atoms with E-state index < -0.39 is 0 Å². The summed E-state index contributed by atoms with van der Waals surface area (Å²) in [6.07, 6.45) is 1.92. The number of aromatic nitrogens is 1. The molecule has 0 saturated carbocycles.